The number of rotatable bonds is 1. The van der Waals surface area contributed by atoms with Crippen LogP contribution in [-0.2, 0) is 0 Å². The first-order valence-electron chi connectivity index (χ1n) is 3.39. The molecule has 0 bridgehead atoms. The van der Waals surface area contributed by atoms with Gasteiger partial charge in [0.2, 0.25) is 0 Å². The van der Waals surface area contributed by atoms with E-state index in [-0.39, 0.29) is 5.57 Å². The van der Waals surface area contributed by atoms with Crippen molar-refractivity contribution in [2.45, 2.75) is 6.92 Å². The zero-order valence-corrected chi connectivity index (χ0v) is 7.20. The van der Waals surface area contributed by atoms with Crippen LogP contribution in [0.5, 0.6) is 0 Å². The molecule has 0 aliphatic heterocycles. The lowest BCUT2D eigenvalue weighted by atomic mass is 10.1. The van der Waals surface area contributed by atoms with E-state index in [4.69, 9.17) is 11.6 Å². The number of allylic oxidation sites excluding steroid dienone is 1. The van der Waals surface area contributed by atoms with E-state index in [1.165, 1.54) is 6.92 Å². The van der Waals surface area contributed by atoms with Gasteiger partial charge in [-0.05, 0) is 24.6 Å². The van der Waals surface area contributed by atoms with E-state index in [9.17, 15) is 8.78 Å². The highest BCUT2D eigenvalue weighted by molar-refractivity contribution is 6.30. The van der Waals surface area contributed by atoms with Crippen LogP contribution < -0.4 is 0 Å². The van der Waals surface area contributed by atoms with Gasteiger partial charge in [-0.1, -0.05) is 23.7 Å². The third-order valence-electron chi connectivity index (χ3n) is 1.56. The van der Waals surface area contributed by atoms with Gasteiger partial charge in [0.05, 0.1) is 0 Å². The Morgan fingerprint density at radius 1 is 1.17 bits per heavy atom. The summed E-state index contributed by atoms with van der Waals surface area (Å²) in [6.45, 7) is 1.37. The molecule has 0 spiro atoms. The van der Waals surface area contributed by atoms with Crippen molar-refractivity contribution in [2.75, 3.05) is 0 Å². The summed E-state index contributed by atoms with van der Waals surface area (Å²) in [6, 6.07) is 6.31. The van der Waals surface area contributed by atoms with Gasteiger partial charge in [-0.3, -0.25) is 0 Å². The number of hydrogen-bond donors (Lipinski definition) is 0. The van der Waals surface area contributed by atoms with Crippen molar-refractivity contribution in [1.82, 2.24) is 0 Å². The van der Waals surface area contributed by atoms with E-state index in [1.807, 2.05) is 0 Å². The summed E-state index contributed by atoms with van der Waals surface area (Å²) < 4.78 is 24.1. The average molecular weight is 189 g/mol. The molecule has 0 radical (unpaired) electrons. The first-order valence-corrected chi connectivity index (χ1v) is 3.77. The third kappa shape index (κ3) is 2.05. The molecule has 0 heterocycles. The van der Waals surface area contributed by atoms with Crippen LogP contribution in [0.25, 0.3) is 5.57 Å². The molecule has 0 aromatic heterocycles. The van der Waals surface area contributed by atoms with Gasteiger partial charge in [0, 0.05) is 10.6 Å². The molecule has 0 aliphatic carbocycles. The Balaban J connectivity index is 3.06. The van der Waals surface area contributed by atoms with Crippen molar-refractivity contribution in [3.8, 4) is 0 Å². The van der Waals surface area contributed by atoms with Crippen LogP contribution in [0.3, 0.4) is 0 Å². The van der Waals surface area contributed by atoms with E-state index in [1.54, 1.807) is 24.3 Å². The van der Waals surface area contributed by atoms with Crippen LogP contribution in [0.4, 0.5) is 8.78 Å². The minimum absolute atomic E-state index is 0.00772. The number of benzene rings is 1. The second-order valence-corrected chi connectivity index (χ2v) is 2.83. The molecule has 0 atom stereocenters. The quantitative estimate of drug-likeness (QED) is 0.626. The highest BCUT2D eigenvalue weighted by Gasteiger charge is 2.02. The molecule has 0 amide bonds. The highest BCUT2D eigenvalue weighted by atomic mass is 35.5. The normalized spacial score (nSPS) is 9.67. The van der Waals surface area contributed by atoms with E-state index >= 15 is 0 Å². The summed E-state index contributed by atoms with van der Waals surface area (Å²) in [5.41, 5.74) is 0.492. The molecule has 0 nitrogen and oxygen atoms in total. The molecular weight excluding hydrogens is 182 g/mol. The zero-order chi connectivity index (χ0) is 9.14. The SMILES string of the molecule is CC(=C(F)F)c1ccc(Cl)cc1. The van der Waals surface area contributed by atoms with Crippen molar-refractivity contribution < 1.29 is 8.78 Å². The van der Waals surface area contributed by atoms with Gasteiger partial charge in [-0.25, -0.2) is 0 Å². The van der Waals surface area contributed by atoms with Crippen LogP contribution >= 0.6 is 11.6 Å². The fourth-order valence-corrected chi connectivity index (χ4v) is 0.935. The Morgan fingerprint density at radius 3 is 2.08 bits per heavy atom. The van der Waals surface area contributed by atoms with Crippen molar-refractivity contribution in [3.63, 3.8) is 0 Å². The molecule has 0 saturated heterocycles. The molecule has 0 aliphatic rings. The van der Waals surface area contributed by atoms with Gasteiger partial charge in [0.25, 0.3) is 6.08 Å². The van der Waals surface area contributed by atoms with Crippen molar-refractivity contribution in [3.05, 3.63) is 40.9 Å². The van der Waals surface area contributed by atoms with Crippen LogP contribution in [0.2, 0.25) is 5.02 Å². The summed E-state index contributed by atoms with van der Waals surface area (Å²) in [6.07, 6.45) is -1.66. The fourth-order valence-electron chi connectivity index (χ4n) is 0.809. The van der Waals surface area contributed by atoms with Gasteiger partial charge < -0.3 is 0 Å². The predicted octanol–water partition coefficient (Wildman–Crippen LogP) is 3.97. The van der Waals surface area contributed by atoms with Crippen molar-refractivity contribution >= 4 is 17.2 Å². The molecule has 1 rings (SSSR count). The van der Waals surface area contributed by atoms with Gasteiger partial charge in [0.15, 0.2) is 0 Å². The Morgan fingerprint density at radius 2 is 1.67 bits per heavy atom. The van der Waals surface area contributed by atoms with Crippen molar-refractivity contribution in [1.29, 1.82) is 0 Å². The topological polar surface area (TPSA) is 0 Å². The predicted molar refractivity (Wildman–Crippen MR) is 46.3 cm³/mol. The Labute approximate surface area is 74.5 Å². The molecule has 64 valence electrons. The first-order chi connectivity index (χ1) is 5.61. The third-order valence-corrected chi connectivity index (χ3v) is 1.81. The van der Waals surface area contributed by atoms with Crippen molar-refractivity contribution in [2.24, 2.45) is 0 Å². The zero-order valence-electron chi connectivity index (χ0n) is 6.44. The summed E-state index contributed by atoms with van der Waals surface area (Å²) in [4.78, 5) is 0. The Kier molecular flexibility index (Phi) is 2.82. The van der Waals surface area contributed by atoms with E-state index in [2.05, 4.69) is 0 Å². The Hall–Kier alpha value is -0.890. The smallest absolute Gasteiger partial charge is 0.173 e. The van der Waals surface area contributed by atoms with Gasteiger partial charge >= 0.3 is 0 Å². The largest absolute Gasteiger partial charge is 0.273 e. The highest BCUT2D eigenvalue weighted by Crippen LogP contribution is 2.21. The first kappa shape index (κ1) is 9.20. The fraction of sp³-hybridized carbons (Fsp3) is 0.111. The molecule has 1 aromatic rings. The summed E-state index contributed by atoms with van der Waals surface area (Å²) in [7, 11) is 0. The standard InChI is InChI=1S/C9H7ClF2/c1-6(9(11)12)7-2-4-8(10)5-3-7/h2-5H,1H3. The van der Waals surface area contributed by atoms with E-state index in [0.29, 0.717) is 10.6 Å². The van der Waals surface area contributed by atoms with E-state index in [0.717, 1.165) is 0 Å². The molecule has 3 heteroatoms. The second-order valence-electron chi connectivity index (χ2n) is 2.39. The number of halogens is 3. The molecule has 0 saturated carbocycles. The van der Waals surface area contributed by atoms with Crippen LogP contribution in [0.1, 0.15) is 12.5 Å². The second kappa shape index (κ2) is 3.68. The molecule has 0 N–H and O–H groups in total. The lowest BCUT2D eigenvalue weighted by Gasteiger charge is -1.98. The van der Waals surface area contributed by atoms with Gasteiger partial charge in [0.1, 0.15) is 0 Å². The maximum atomic E-state index is 12.1. The molecule has 12 heavy (non-hydrogen) atoms. The lowest BCUT2D eigenvalue weighted by Crippen LogP contribution is -1.79. The van der Waals surface area contributed by atoms with Crippen LogP contribution in [-0.4, -0.2) is 0 Å². The molecule has 0 unspecified atom stereocenters. The number of hydrogen-bond acceptors (Lipinski definition) is 0. The van der Waals surface area contributed by atoms with E-state index < -0.39 is 6.08 Å². The lowest BCUT2D eigenvalue weighted by molar-refractivity contribution is 0.425. The summed E-state index contributed by atoms with van der Waals surface area (Å²) in [5, 5.41) is 0.547. The van der Waals surface area contributed by atoms with Crippen LogP contribution in [0, 0.1) is 0 Å². The Bertz CT molecular complexity index is 297. The minimum atomic E-state index is -1.66. The maximum Gasteiger partial charge on any atom is 0.273 e. The molecule has 1 aromatic carbocycles. The monoisotopic (exact) mass is 188 g/mol. The molecular formula is C9H7ClF2. The van der Waals surface area contributed by atoms with Gasteiger partial charge in [-0.15, -0.1) is 0 Å². The minimum Gasteiger partial charge on any atom is -0.173 e. The maximum absolute atomic E-state index is 12.1. The summed E-state index contributed by atoms with van der Waals surface area (Å²) in [5.74, 6) is 0. The van der Waals surface area contributed by atoms with Crippen LogP contribution in [0.15, 0.2) is 30.3 Å². The summed E-state index contributed by atoms with van der Waals surface area (Å²) >= 11 is 5.59. The van der Waals surface area contributed by atoms with Gasteiger partial charge in [-0.2, -0.15) is 8.78 Å². The molecule has 0 fully saturated rings. The average Bonchev–Trinajstić information content (AvgIpc) is 2.04.